The van der Waals surface area contributed by atoms with E-state index in [-0.39, 0.29) is 5.91 Å². The number of nitrogens with zero attached hydrogens (tertiary/aromatic N) is 4. The van der Waals surface area contributed by atoms with Crippen LogP contribution in [-0.2, 0) is 4.79 Å². The van der Waals surface area contributed by atoms with Crippen molar-refractivity contribution in [1.29, 1.82) is 0 Å². The van der Waals surface area contributed by atoms with Crippen LogP contribution in [0.4, 0.5) is 23.0 Å². The number of hydrogen-bond donors (Lipinski definition) is 3. The number of methoxy groups -OCH3 is 1. The highest BCUT2D eigenvalue weighted by Gasteiger charge is 2.22. The van der Waals surface area contributed by atoms with E-state index in [0.29, 0.717) is 23.1 Å². The zero-order valence-corrected chi connectivity index (χ0v) is 22.6. The van der Waals surface area contributed by atoms with Crippen molar-refractivity contribution >= 4 is 61.4 Å². The summed E-state index contributed by atoms with van der Waals surface area (Å²) in [5.41, 5.74) is 5.94. The molecule has 0 atom stereocenters. The molecule has 1 aliphatic rings. The Bertz CT molecular complexity index is 1680. The number of piperazine rings is 1. The van der Waals surface area contributed by atoms with Crippen LogP contribution < -0.4 is 20.3 Å². The van der Waals surface area contributed by atoms with Crippen LogP contribution in [0, 0.1) is 0 Å². The van der Waals surface area contributed by atoms with Crippen molar-refractivity contribution in [2.75, 3.05) is 55.9 Å². The molecule has 6 rings (SSSR count). The van der Waals surface area contributed by atoms with Gasteiger partial charge in [0.05, 0.1) is 45.6 Å². The second-order valence-electron chi connectivity index (χ2n) is 9.46. The molecule has 198 valence electrons. The minimum absolute atomic E-state index is 0.279. The standard InChI is InChI=1S/C29H29N7O2S/c1-4-25(37)31-21-16-22(24(38-3)17-23(21)36-13-11-35(2)12-14-36)33-29-32-20-9-15-39-28(20)27(34-29)19-7-5-6-18-8-10-30-26(18)19/h4-10,15-17,30H,1,11-14H2,2-3H3,(H,31,37)(H,32,33,34). The van der Waals surface area contributed by atoms with E-state index in [1.807, 2.05) is 35.8 Å². The number of para-hydroxylation sites is 1. The first-order valence-electron chi connectivity index (χ1n) is 12.7. The molecule has 0 unspecified atom stereocenters. The van der Waals surface area contributed by atoms with Crippen molar-refractivity contribution in [1.82, 2.24) is 19.9 Å². The summed E-state index contributed by atoms with van der Waals surface area (Å²) in [4.78, 5) is 30.0. The molecule has 1 saturated heterocycles. The van der Waals surface area contributed by atoms with Crippen LogP contribution in [0.2, 0.25) is 0 Å². The highest BCUT2D eigenvalue weighted by atomic mass is 32.1. The van der Waals surface area contributed by atoms with E-state index in [9.17, 15) is 4.79 Å². The van der Waals surface area contributed by atoms with Gasteiger partial charge in [-0.15, -0.1) is 11.3 Å². The van der Waals surface area contributed by atoms with Gasteiger partial charge in [0.1, 0.15) is 5.75 Å². The van der Waals surface area contributed by atoms with Gasteiger partial charge in [0.15, 0.2) is 0 Å². The summed E-state index contributed by atoms with van der Waals surface area (Å²) in [5.74, 6) is 0.785. The molecule has 5 aromatic rings. The lowest BCUT2D eigenvalue weighted by atomic mass is 10.1. The fourth-order valence-corrected chi connectivity index (χ4v) is 5.77. The monoisotopic (exact) mass is 539 g/mol. The first kappa shape index (κ1) is 24.9. The number of rotatable bonds is 7. The van der Waals surface area contributed by atoms with Gasteiger partial charge in [-0.1, -0.05) is 24.8 Å². The van der Waals surface area contributed by atoms with Crippen LogP contribution in [0.25, 0.3) is 32.4 Å². The van der Waals surface area contributed by atoms with Crippen molar-refractivity contribution in [2.24, 2.45) is 0 Å². The summed E-state index contributed by atoms with van der Waals surface area (Å²) in [7, 11) is 3.75. The van der Waals surface area contributed by atoms with Gasteiger partial charge in [-0.25, -0.2) is 9.97 Å². The van der Waals surface area contributed by atoms with Crippen molar-refractivity contribution in [3.8, 4) is 17.0 Å². The summed E-state index contributed by atoms with van der Waals surface area (Å²) in [6.45, 7) is 7.17. The van der Waals surface area contributed by atoms with Gasteiger partial charge in [0.2, 0.25) is 11.9 Å². The molecule has 2 aromatic carbocycles. The smallest absolute Gasteiger partial charge is 0.247 e. The molecule has 0 radical (unpaired) electrons. The predicted octanol–water partition coefficient (Wildman–Crippen LogP) is 5.47. The summed E-state index contributed by atoms with van der Waals surface area (Å²) in [6, 6.07) is 14.1. The maximum absolute atomic E-state index is 12.4. The number of carbonyl (C=O) groups is 1. The number of likely N-dealkylation sites (N-methyl/N-ethyl adjacent to an activating group) is 1. The lowest BCUT2D eigenvalue weighted by Crippen LogP contribution is -2.44. The predicted molar refractivity (Wildman–Crippen MR) is 160 cm³/mol. The van der Waals surface area contributed by atoms with E-state index < -0.39 is 0 Å². The molecule has 1 amide bonds. The van der Waals surface area contributed by atoms with Crippen LogP contribution in [0.5, 0.6) is 5.75 Å². The molecule has 0 saturated carbocycles. The average molecular weight is 540 g/mol. The van der Waals surface area contributed by atoms with Gasteiger partial charge in [-0.3, -0.25) is 4.79 Å². The van der Waals surface area contributed by atoms with Gasteiger partial charge in [-0.2, -0.15) is 0 Å². The third-order valence-corrected chi connectivity index (χ3v) is 7.91. The number of anilines is 4. The lowest BCUT2D eigenvalue weighted by Gasteiger charge is -2.35. The topological polar surface area (TPSA) is 98.4 Å². The van der Waals surface area contributed by atoms with Gasteiger partial charge in [-0.05, 0) is 36.7 Å². The molecule has 4 heterocycles. The number of aromatic amines is 1. The van der Waals surface area contributed by atoms with Crippen LogP contribution in [0.1, 0.15) is 0 Å². The number of nitrogens with one attached hydrogen (secondary N) is 3. The van der Waals surface area contributed by atoms with Crippen LogP contribution in [0.3, 0.4) is 0 Å². The largest absolute Gasteiger partial charge is 0.494 e. The van der Waals surface area contributed by atoms with E-state index in [1.54, 1.807) is 18.4 Å². The Kier molecular flexibility index (Phi) is 6.64. The van der Waals surface area contributed by atoms with Gasteiger partial charge in [0, 0.05) is 49.4 Å². The highest BCUT2D eigenvalue weighted by Crippen LogP contribution is 2.40. The average Bonchev–Trinajstić information content (AvgIpc) is 3.63. The van der Waals surface area contributed by atoms with Crippen LogP contribution in [0.15, 0.2) is 66.7 Å². The van der Waals surface area contributed by atoms with E-state index in [1.165, 1.54) is 6.08 Å². The molecule has 39 heavy (non-hydrogen) atoms. The molecule has 0 spiro atoms. The molecule has 1 aliphatic heterocycles. The number of amides is 1. The molecule has 0 aliphatic carbocycles. The SMILES string of the molecule is C=CC(=O)Nc1cc(Nc2nc(-c3cccc4cc[nH]c34)c3sccc3n2)c(OC)cc1N1CCN(C)CC1. The molecular formula is C29H29N7O2S. The van der Waals surface area contributed by atoms with Crippen molar-refractivity contribution in [3.05, 3.63) is 66.7 Å². The number of carbonyl (C=O) groups excluding carboxylic acids is 1. The van der Waals surface area contributed by atoms with Crippen LogP contribution in [-0.4, -0.2) is 66.1 Å². The second kappa shape index (κ2) is 10.4. The molecule has 1 fully saturated rings. The molecular weight excluding hydrogens is 510 g/mol. The minimum Gasteiger partial charge on any atom is -0.494 e. The maximum atomic E-state index is 12.4. The van der Waals surface area contributed by atoms with Gasteiger partial charge >= 0.3 is 0 Å². The minimum atomic E-state index is -0.279. The Hall–Kier alpha value is -4.41. The van der Waals surface area contributed by atoms with Crippen LogP contribution >= 0.6 is 11.3 Å². The number of benzene rings is 2. The summed E-state index contributed by atoms with van der Waals surface area (Å²) in [5, 5.41) is 9.49. The van der Waals surface area contributed by atoms with Crippen molar-refractivity contribution < 1.29 is 9.53 Å². The zero-order valence-electron chi connectivity index (χ0n) is 21.8. The first-order valence-corrected chi connectivity index (χ1v) is 13.6. The number of fused-ring (bicyclic) bond motifs is 2. The third-order valence-electron chi connectivity index (χ3n) is 7.00. The van der Waals surface area contributed by atoms with Gasteiger partial charge in [0.25, 0.3) is 0 Å². The zero-order chi connectivity index (χ0) is 26.9. The second-order valence-corrected chi connectivity index (χ2v) is 10.4. The summed E-state index contributed by atoms with van der Waals surface area (Å²) in [6.07, 6.45) is 3.21. The van der Waals surface area contributed by atoms with Gasteiger partial charge < -0.3 is 30.2 Å². The Morgan fingerprint density at radius 1 is 1.13 bits per heavy atom. The van der Waals surface area contributed by atoms with E-state index >= 15 is 0 Å². The van der Waals surface area contributed by atoms with E-state index in [2.05, 4.69) is 57.2 Å². The number of hydrogen-bond acceptors (Lipinski definition) is 8. The quantitative estimate of drug-likeness (QED) is 0.236. The fourth-order valence-electron chi connectivity index (χ4n) is 4.93. The molecule has 3 aromatic heterocycles. The summed E-state index contributed by atoms with van der Waals surface area (Å²) >= 11 is 1.62. The Labute approximate surface area is 230 Å². The number of thiophene rings is 1. The normalized spacial score (nSPS) is 14.1. The van der Waals surface area contributed by atoms with Crippen molar-refractivity contribution in [3.63, 3.8) is 0 Å². The molecule has 3 N–H and O–H groups in total. The van der Waals surface area contributed by atoms with E-state index in [0.717, 1.165) is 64.2 Å². The summed E-state index contributed by atoms with van der Waals surface area (Å²) < 4.78 is 6.81. The third kappa shape index (κ3) is 4.80. The fraction of sp³-hybridized carbons (Fsp3) is 0.207. The number of aromatic nitrogens is 3. The Balaban J connectivity index is 1.43. The maximum Gasteiger partial charge on any atom is 0.247 e. The van der Waals surface area contributed by atoms with Crippen molar-refractivity contribution in [2.45, 2.75) is 0 Å². The highest BCUT2D eigenvalue weighted by molar-refractivity contribution is 7.17. The Morgan fingerprint density at radius 2 is 1.97 bits per heavy atom. The lowest BCUT2D eigenvalue weighted by molar-refractivity contribution is -0.111. The molecule has 9 nitrogen and oxygen atoms in total. The molecule has 0 bridgehead atoms. The Morgan fingerprint density at radius 3 is 2.77 bits per heavy atom. The number of ether oxygens (including phenoxy) is 1. The van der Waals surface area contributed by atoms with E-state index in [4.69, 9.17) is 14.7 Å². The molecule has 10 heteroatoms. The number of H-pyrrole nitrogens is 1. The first-order chi connectivity index (χ1) is 19.0.